The molecular weight excluding hydrogens is 438 g/mol. The van der Waals surface area contributed by atoms with Gasteiger partial charge in [0.15, 0.2) is 0 Å². The molecule has 2 unspecified atom stereocenters. The Balaban J connectivity index is 1.92. The number of ether oxygens (including phenoxy) is 1. The highest BCUT2D eigenvalue weighted by atomic mass is 16.5. The average molecular weight is 488 g/mol. The standard InChI is InChI=1S/C30H49NO4/c1-8-10-11-12-26(33)31-18-27(34)35-25-17-29(6,9-2)21(5)20(4)22-15-16-24(32)28-23(22)14-13-19(3)30(25,28)7/h9,19-23,25,28H,2,8,10-18H2,1,3-7H3,(H,31,33)/t19-,20+,21?,22?,23-,25-,28+,29-,30+/m1/s1. The minimum absolute atomic E-state index is 0.0757. The first-order valence-corrected chi connectivity index (χ1v) is 14.1. The summed E-state index contributed by atoms with van der Waals surface area (Å²) in [6, 6.07) is 0. The van der Waals surface area contributed by atoms with Gasteiger partial charge in [0.1, 0.15) is 18.4 Å². The lowest BCUT2D eigenvalue weighted by atomic mass is 9.49. The van der Waals surface area contributed by atoms with Crippen LogP contribution in [-0.2, 0) is 19.1 Å². The molecule has 1 N–H and O–H groups in total. The van der Waals surface area contributed by atoms with Crippen LogP contribution in [0.3, 0.4) is 0 Å². The van der Waals surface area contributed by atoms with E-state index in [-0.39, 0.29) is 29.7 Å². The molecular formula is C30H49NO4. The maximum absolute atomic E-state index is 13.5. The van der Waals surface area contributed by atoms with Gasteiger partial charge < -0.3 is 10.1 Å². The van der Waals surface area contributed by atoms with Crippen LogP contribution in [-0.4, -0.2) is 30.3 Å². The van der Waals surface area contributed by atoms with Gasteiger partial charge >= 0.3 is 5.97 Å². The van der Waals surface area contributed by atoms with Crippen LogP contribution in [0.15, 0.2) is 12.7 Å². The lowest BCUT2D eigenvalue weighted by molar-refractivity contribution is -0.179. The molecule has 3 aliphatic carbocycles. The minimum atomic E-state index is -0.423. The highest BCUT2D eigenvalue weighted by Crippen LogP contribution is 2.61. The van der Waals surface area contributed by atoms with E-state index < -0.39 is 17.5 Å². The van der Waals surface area contributed by atoms with Gasteiger partial charge in [-0.3, -0.25) is 14.4 Å². The van der Waals surface area contributed by atoms with Crippen LogP contribution in [0.5, 0.6) is 0 Å². The van der Waals surface area contributed by atoms with Crippen molar-refractivity contribution >= 4 is 17.7 Å². The molecule has 198 valence electrons. The molecule has 0 radical (unpaired) electrons. The second kappa shape index (κ2) is 11.2. The molecule has 0 heterocycles. The Hall–Kier alpha value is -1.65. The van der Waals surface area contributed by atoms with Crippen molar-refractivity contribution in [2.45, 2.75) is 105 Å². The molecule has 3 saturated carbocycles. The van der Waals surface area contributed by atoms with Crippen molar-refractivity contribution in [3.8, 4) is 0 Å². The van der Waals surface area contributed by atoms with Crippen molar-refractivity contribution in [1.29, 1.82) is 0 Å². The molecule has 4 bridgehead atoms. The monoisotopic (exact) mass is 487 g/mol. The van der Waals surface area contributed by atoms with Gasteiger partial charge in [0.25, 0.3) is 0 Å². The number of ketones is 1. The fourth-order valence-electron chi connectivity index (χ4n) is 7.79. The van der Waals surface area contributed by atoms with E-state index >= 15 is 0 Å². The van der Waals surface area contributed by atoms with E-state index in [1.165, 1.54) is 0 Å². The van der Waals surface area contributed by atoms with Gasteiger partial charge in [-0.25, -0.2) is 0 Å². The van der Waals surface area contributed by atoms with Crippen molar-refractivity contribution < 1.29 is 19.1 Å². The van der Waals surface area contributed by atoms with Gasteiger partial charge in [-0.2, -0.15) is 0 Å². The summed E-state index contributed by atoms with van der Waals surface area (Å²) in [5.74, 6) is 1.72. The molecule has 3 fully saturated rings. The summed E-state index contributed by atoms with van der Waals surface area (Å²) in [4.78, 5) is 38.8. The Kier molecular flexibility index (Phi) is 8.91. The number of hydrogen-bond acceptors (Lipinski definition) is 4. The van der Waals surface area contributed by atoms with Crippen LogP contribution in [0.2, 0.25) is 0 Å². The van der Waals surface area contributed by atoms with Crippen molar-refractivity contribution in [2.24, 2.45) is 46.3 Å². The van der Waals surface area contributed by atoms with E-state index in [1.807, 2.05) is 0 Å². The maximum Gasteiger partial charge on any atom is 0.325 e. The third-order valence-electron chi connectivity index (χ3n) is 10.7. The van der Waals surface area contributed by atoms with E-state index in [9.17, 15) is 14.4 Å². The van der Waals surface area contributed by atoms with Crippen molar-refractivity contribution in [1.82, 2.24) is 5.32 Å². The van der Waals surface area contributed by atoms with Gasteiger partial charge in [-0.1, -0.05) is 60.5 Å². The molecule has 35 heavy (non-hydrogen) atoms. The first kappa shape index (κ1) is 27.9. The summed E-state index contributed by atoms with van der Waals surface area (Å²) in [6.45, 7) is 17.6. The molecule has 3 rings (SSSR count). The summed E-state index contributed by atoms with van der Waals surface area (Å²) in [6.07, 6.45) is 9.36. The van der Waals surface area contributed by atoms with Gasteiger partial charge in [-0.05, 0) is 67.1 Å². The van der Waals surface area contributed by atoms with Crippen molar-refractivity contribution in [3.05, 3.63) is 12.7 Å². The van der Waals surface area contributed by atoms with E-state index in [2.05, 4.69) is 59.5 Å². The fraction of sp³-hybridized carbons (Fsp3) is 0.833. The number of carbonyl (C=O) groups is 3. The summed E-state index contributed by atoms with van der Waals surface area (Å²) in [5, 5.41) is 2.75. The Morgan fingerprint density at radius 1 is 1.11 bits per heavy atom. The molecule has 5 heteroatoms. The van der Waals surface area contributed by atoms with Gasteiger partial charge in [0, 0.05) is 24.2 Å². The number of nitrogens with one attached hydrogen (secondary N) is 1. The zero-order chi connectivity index (χ0) is 26.0. The highest BCUT2D eigenvalue weighted by Gasteiger charge is 2.61. The van der Waals surface area contributed by atoms with Gasteiger partial charge in [-0.15, -0.1) is 6.58 Å². The van der Waals surface area contributed by atoms with E-state index in [0.717, 1.165) is 38.5 Å². The van der Waals surface area contributed by atoms with Crippen LogP contribution in [0.1, 0.15) is 99.3 Å². The van der Waals surface area contributed by atoms with Gasteiger partial charge in [0.2, 0.25) is 5.91 Å². The van der Waals surface area contributed by atoms with Crippen LogP contribution in [0.25, 0.3) is 0 Å². The molecule has 1 amide bonds. The smallest absolute Gasteiger partial charge is 0.325 e. The molecule has 0 aromatic rings. The number of hydrogen-bond donors (Lipinski definition) is 1. The Morgan fingerprint density at radius 2 is 1.83 bits per heavy atom. The zero-order valence-electron chi connectivity index (χ0n) is 23.0. The summed E-state index contributed by atoms with van der Waals surface area (Å²) < 4.78 is 6.28. The number of amides is 1. The second-order valence-corrected chi connectivity index (χ2v) is 12.4. The van der Waals surface area contributed by atoms with E-state index in [4.69, 9.17) is 4.74 Å². The fourth-order valence-corrected chi connectivity index (χ4v) is 7.79. The van der Waals surface area contributed by atoms with Crippen molar-refractivity contribution in [2.75, 3.05) is 6.54 Å². The normalized spacial score (nSPS) is 41.2. The Labute approximate surface area is 213 Å². The predicted octanol–water partition coefficient (Wildman–Crippen LogP) is 6.11. The number of allylic oxidation sites excluding steroid dienone is 1. The van der Waals surface area contributed by atoms with Crippen LogP contribution >= 0.6 is 0 Å². The first-order chi connectivity index (χ1) is 16.5. The quantitative estimate of drug-likeness (QED) is 0.255. The third-order valence-corrected chi connectivity index (χ3v) is 10.7. The molecule has 5 nitrogen and oxygen atoms in total. The summed E-state index contributed by atoms with van der Waals surface area (Å²) >= 11 is 0. The number of esters is 1. The predicted molar refractivity (Wildman–Crippen MR) is 139 cm³/mol. The second-order valence-electron chi connectivity index (χ2n) is 12.4. The molecule has 3 aliphatic rings. The minimum Gasteiger partial charge on any atom is -0.460 e. The first-order valence-electron chi connectivity index (χ1n) is 14.1. The molecule has 0 spiro atoms. The average Bonchev–Trinajstić information content (AvgIpc) is 2.84. The van der Waals surface area contributed by atoms with Crippen LogP contribution < -0.4 is 5.32 Å². The highest BCUT2D eigenvalue weighted by molar-refractivity contribution is 5.84. The van der Waals surface area contributed by atoms with Crippen LogP contribution in [0.4, 0.5) is 0 Å². The Bertz CT molecular complexity index is 808. The number of carbonyl (C=O) groups excluding carboxylic acids is 3. The van der Waals surface area contributed by atoms with E-state index in [1.54, 1.807) is 0 Å². The molecule has 0 aromatic heterocycles. The van der Waals surface area contributed by atoms with E-state index in [0.29, 0.717) is 48.7 Å². The third kappa shape index (κ3) is 5.39. The largest absolute Gasteiger partial charge is 0.460 e. The Morgan fingerprint density at radius 3 is 2.49 bits per heavy atom. The molecule has 9 atom stereocenters. The summed E-state index contributed by atoms with van der Waals surface area (Å²) in [5.41, 5.74) is -0.641. The van der Waals surface area contributed by atoms with Crippen LogP contribution in [0, 0.1) is 46.3 Å². The van der Waals surface area contributed by atoms with Crippen molar-refractivity contribution in [3.63, 3.8) is 0 Å². The number of rotatable bonds is 8. The number of unbranched alkanes of at least 4 members (excludes halogenated alkanes) is 2. The SMILES string of the molecule is C=C[C@]1(C)C[C@@H](OC(=O)CNC(=O)CCCCC)[C@]2(C)[C@H](C)CC[C@@H]3C(CCC(=O)[C@H]32)[C@@H](C)C1C. The topological polar surface area (TPSA) is 72.5 Å². The lowest BCUT2D eigenvalue weighted by Crippen LogP contribution is -2.57. The molecule has 0 aromatic carbocycles. The molecule has 0 aliphatic heterocycles. The van der Waals surface area contributed by atoms with Gasteiger partial charge in [0.05, 0.1) is 0 Å². The number of Topliss-reactive ketones (excluding diaryl/α,β-unsaturated/α-hetero) is 1. The lowest BCUT2D eigenvalue weighted by Gasteiger charge is -2.56. The zero-order valence-corrected chi connectivity index (χ0v) is 23.0. The summed E-state index contributed by atoms with van der Waals surface area (Å²) in [7, 11) is 0. The maximum atomic E-state index is 13.5. The molecule has 0 saturated heterocycles.